The number of fused-ring (bicyclic) bond motifs is 1. The summed E-state index contributed by atoms with van der Waals surface area (Å²) < 4.78 is 9.70. The lowest BCUT2D eigenvalue weighted by Gasteiger charge is -2.29. The topological polar surface area (TPSA) is 175 Å². The van der Waals surface area contributed by atoms with Crippen LogP contribution in [0.4, 0.5) is 10.5 Å². The van der Waals surface area contributed by atoms with E-state index in [2.05, 4.69) is 68.8 Å². The fourth-order valence-corrected chi connectivity index (χ4v) is 9.19. The largest absolute Gasteiger partial charge is 0.469 e. The molecular weight excluding hydrogens is 773 g/mol. The van der Waals surface area contributed by atoms with Crippen LogP contribution in [0.3, 0.4) is 0 Å². The average Bonchev–Trinajstić information content (AvgIpc) is 4.11. The number of pyridine rings is 1. The van der Waals surface area contributed by atoms with E-state index in [1.54, 1.807) is 6.20 Å². The summed E-state index contributed by atoms with van der Waals surface area (Å²) in [6.45, 7) is 4.54. The molecular formula is C47H48N8O6. The van der Waals surface area contributed by atoms with Crippen molar-refractivity contribution in [3.63, 3.8) is 0 Å². The standard InChI is InChI=1S/C47H48N8O6/c1-26(2)34(22-41(56)60-3)45(57)54-18-6-9-39(54)43-49-25-38(52-43)33-15-16-35(48-23-33)30-12-10-29-20-31(13-11-28(29)19-30)37-24-50-44(51-37)40-21-32-8-5-7-27-14-17-36(53-47(59)61-4)46(58)55(40)42(27)32/h5,7-8,10-13,15-16,19-20,23-26,34,36,39-40H,6,9,14,17-18,21-22H2,1-4H3,(H,49,52)(H,50,51)(H,53,59)/t34-,36-,39-,40-/m0/s1. The number of esters is 1. The number of likely N-dealkylation sites (tertiary alicyclic amines) is 1. The molecule has 3 amide bonds. The monoisotopic (exact) mass is 820 g/mol. The fourth-order valence-electron chi connectivity index (χ4n) is 9.19. The molecule has 3 aliphatic rings. The lowest BCUT2D eigenvalue weighted by Crippen LogP contribution is -2.48. The number of carbonyl (C=O) groups excluding carboxylic acids is 4. The number of nitrogens with zero attached hydrogens (tertiary/aromatic N) is 5. The van der Waals surface area contributed by atoms with Crippen LogP contribution in [-0.4, -0.2) is 80.5 Å². The number of carbonyl (C=O) groups is 4. The Bertz CT molecular complexity index is 2650. The highest BCUT2D eigenvalue weighted by Crippen LogP contribution is 2.45. The van der Waals surface area contributed by atoms with Gasteiger partial charge >= 0.3 is 12.1 Å². The maximum atomic E-state index is 14.0. The average molecular weight is 821 g/mol. The molecule has 0 aliphatic carbocycles. The minimum atomic E-state index is -0.705. The Labute approximate surface area is 353 Å². The zero-order chi connectivity index (χ0) is 42.4. The van der Waals surface area contributed by atoms with Gasteiger partial charge in [-0.1, -0.05) is 56.3 Å². The van der Waals surface area contributed by atoms with Crippen molar-refractivity contribution in [1.82, 2.24) is 35.1 Å². The van der Waals surface area contributed by atoms with Crippen LogP contribution in [-0.2, 0) is 36.7 Å². The third kappa shape index (κ3) is 7.51. The highest BCUT2D eigenvalue weighted by atomic mass is 16.5. The van der Waals surface area contributed by atoms with Crippen molar-refractivity contribution in [1.29, 1.82) is 0 Å². The summed E-state index contributed by atoms with van der Waals surface area (Å²) in [5, 5.41) is 4.85. The summed E-state index contributed by atoms with van der Waals surface area (Å²) in [6, 6.07) is 21.5. The molecule has 3 aliphatic heterocycles. The number of aromatic amines is 2. The minimum Gasteiger partial charge on any atom is -0.469 e. The number of imidazole rings is 2. The number of aryl methyl sites for hydroxylation is 1. The first kappa shape index (κ1) is 39.6. The first-order chi connectivity index (χ1) is 29.6. The van der Waals surface area contributed by atoms with Crippen LogP contribution in [0.25, 0.3) is 44.5 Å². The number of ether oxygens (including phenoxy) is 2. The summed E-state index contributed by atoms with van der Waals surface area (Å²) in [5.41, 5.74) is 8.41. The summed E-state index contributed by atoms with van der Waals surface area (Å²) in [5.74, 6) is 0.362. The van der Waals surface area contributed by atoms with Gasteiger partial charge in [-0.2, -0.15) is 0 Å². The maximum absolute atomic E-state index is 14.0. The molecule has 0 saturated carbocycles. The molecule has 0 unspecified atom stereocenters. The van der Waals surface area contributed by atoms with Crippen molar-refractivity contribution in [3.8, 4) is 33.8 Å². The number of methoxy groups -OCH3 is 2. The molecule has 14 heteroatoms. The normalized spacial score (nSPS) is 18.9. The lowest BCUT2D eigenvalue weighted by atomic mass is 9.91. The van der Waals surface area contributed by atoms with Crippen molar-refractivity contribution in [3.05, 3.63) is 108 Å². The van der Waals surface area contributed by atoms with E-state index in [0.717, 1.165) is 80.0 Å². The molecule has 6 heterocycles. The number of H-pyrrole nitrogens is 2. The Morgan fingerprint density at radius 3 is 2.20 bits per heavy atom. The Morgan fingerprint density at radius 1 is 0.803 bits per heavy atom. The maximum Gasteiger partial charge on any atom is 0.407 e. The van der Waals surface area contributed by atoms with Crippen molar-refractivity contribution < 1.29 is 28.7 Å². The predicted molar refractivity (Wildman–Crippen MR) is 229 cm³/mol. The summed E-state index contributed by atoms with van der Waals surface area (Å²) in [6.07, 6.45) is 8.28. The second kappa shape index (κ2) is 16.3. The van der Waals surface area contributed by atoms with E-state index in [-0.39, 0.29) is 42.2 Å². The summed E-state index contributed by atoms with van der Waals surface area (Å²) >= 11 is 0. The van der Waals surface area contributed by atoms with Gasteiger partial charge in [0.15, 0.2) is 0 Å². The SMILES string of the molecule is COC(=O)C[C@H](C(=O)N1CCC[C@H]1c1ncc(-c2ccc(-c3ccc4cc(-c5cnc([C@@H]6Cc7cccc8c7N6C(=O)[C@@H](NC(=O)OC)CC8)[nH]5)ccc4c3)nc2)[nH]1)C(C)C. The molecule has 9 rings (SSSR count). The molecule has 0 bridgehead atoms. The third-order valence-corrected chi connectivity index (χ3v) is 12.5. The Hall–Kier alpha value is -6.83. The number of para-hydroxylation sites is 1. The van der Waals surface area contributed by atoms with Crippen LogP contribution in [0.5, 0.6) is 0 Å². The quantitative estimate of drug-likeness (QED) is 0.118. The molecule has 6 aromatic rings. The number of anilines is 1. The molecule has 3 aromatic carbocycles. The molecule has 61 heavy (non-hydrogen) atoms. The van der Waals surface area contributed by atoms with E-state index in [1.165, 1.54) is 14.2 Å². The smallest absolute Gasteiger partial charge is 0.407 e. The van der Waals surface area contributed by atoms with Crippen molar-refractivity contribution in [2.45, 2.75) is 70.5 Å². The number of amides is 3. The highest BCUT2D eigenvalue weighted by molar-refractivity contribution is 6.02. The van der Waals surface area contributed by atoms with Gasteiger partial charge in [0.2, 0.25) is 11.8 Å². The van der Waals surface area contributed by atoms with Crippen LogP contribution >= 0.6 is 0 Å². The predicted octanol–water partition coefficient (Wildman–Crippen LogP) is 7.48. The molecule has 3 N–H and O–H groups in total. The molecule has 0 spiro atoms. The van der Waals surface area contributed by atoms with Crippen LogP contribution in [0.1, 0.15) is 74.4 Å². The number of rotatable bonds is 10. The lowest BCUT2D eigenvalue weighted by molar-refractivity contribution is -0.148. The number of benzene rings is 3. The van der Waals surface area contributed by atoms with E-state index in [1.807, 2.05) is 54.2 Å². The highest BCUT2D eigenvalue weighted by Gasteiger charge is 2.43. The second-order valence-corrected chi connectivity index (χ2v) is 16.5. The molecule has 312 valence electrons. The van der Waals surface area contributed by atoms with Gasteiger partial charge in [0, 0.05) is 35.9 Å². The zero-order valence-corrected chi connectivity index (χ0v) is 34.6. The van der Waals surface area contributed by atoms with Crippen molar-refractivity contribution >= 4 is 40.3 Å². The first-order valence-electron chi connectivity index (χ1n) is 20.9. The van der Waals surface area contributed by atoms with Crippen LogP contribution in [0.2, 0.25) is 0 Å². The minimum absolute atomic E-state index is 0.00398. The Morgan fingerprint density at radius 2 is 1.49 bits per heavy atom. The second-order valence-electron chi connectivity index (χ2n) is 16.5. The van der Waals surface area contributed by atoms with Gasteiger partial charge < -0.3 is 29.7 Å². The van der Waals surface area contributed by atoms with Gasteiger partial charge in [-0.25, -0.2) is 14.8 Å². The number of hydrogen-bond acceptors (Lipinski definition) is 9. The molecule has 14 nitrogen and oxygen atoms in total. The molecule has 0 radical (unpaired) electrons. The van der Waals surface area contributed by atoms with Crippen LogP contribution in [0.15, 0.2) is 85.3 Å². The third-order valence-electron chi connectivity index (χ3n) is 12.5. The number of aromatic nitrogens is 5. The first-order valence-corrected chi connectivity index (χ1v) is 20.9. The van der Waals surface area contributed by atoms with E-state index >= 15 is 0 Å². The van der Waals surface area contributed by atoms with Gasteiger partial charge in [-0.05, 0) is 77.8 Å². The van der Waals surface area contributed by atoms with E-state index in [9.17, 15) is 19.2 Å². The fraction of sp³-hybridized carbons (Fsp3) is 0.340. The Balaban J connectivity index is 0.897. The summed E-state index contributed by atoms with van der Waals surface area (Å²) in [4.78, 5) is 76.7. The molecule has 4 atom stereocenters. The van der Waals surface area contributed by atoms with Gasteiger partial charge in [-0.15, -0.1) is 0 Å². The van der Waals surface area contributed by atoms with Gasteiger partial charge in [-0.3, -0.25) is 24.3 Å². The summed E-state index contributed by atoms with van der Waals surface area (Å²) in [7, 11) is 2.65. The number of nitrogens with one attached hydrogen (secondary N) is 3. The van der Waals surface area contributed by atoms with Crippen molar-refractivity contribution in [2.75, 3.05) is 25.7 Å². The van der Waals surface area contributed by atoms with Crippen LogP contribution < -0.4 is 10.2 Å². The van der Waals surface area contributed by atoms with Gasteiger partial charge in [0.05, 0.1) is 73.8 Å². The molecule has 1 fully saturated rings. The van der Waals surface area contributed by atoms with Crippen LogP contribution in [0, 0.1) is 11.8 Å². The van der Waals surface area contributed by atoms with Gasteiger partial charge in [0.25, 0.3) is 0 Å². The molecule has 3 aromatic heterocycles. The van der Waals surface area contributed by atoms with Crippen molar-refractivity contribution in [2.24, 2.45) is 11.8 Å². The van der Waals surface area contributed by atoms with E-state index in [4.69, 9.17) is 19.4 Å². The zero-order valence-electron chi connectivity index (χ0n) is 34.6. The van der Waals surface area contributed by atoms with Gasteiger partial charge in [0.1, 0.15) is 17.7 Å². The van der Waals surface area contributed by atoms with E-state index < -0.39 is 18.1 Å². The number of hydrogen-bond donors (Lipinski definition) is 3. The molecule has 1 saturated heterocycles. The van der Waals surface area contributed by atoms with E-state index in [0.29, 0.717) is 31.6 Å². The Kier molecular flexibility index (Phi) is 10.6. The number of alkyl carbamates (subject to hydrolysis) is 1.